The molecule has 0 saturated heterocycles. The fourth-order valence-corrected chi connectivity index (χ4v) is 6.61. The van der Waals surface area contributed by atoms with Crippen molar-refractivity contribution in [1.82, 2.24) is 10.2 Å². The fraction of sp³-hybridized carbons (Fsp3) is 0.355. The number of anilines is 1. The first-order valence-electron chi connectivity index (χ1n) is 13.8. The number of benzene rings is 3. The van der Waals surface area contributed by atoms with Crippen LogP contribution in [0.1, 0.15) is 43.2 Å². The molecular formula is C31H34Cl2FN3O4S. The van der Waals surface area contributed by atoms with Gasteiger partial charge in [0.25, 0.3) is 0 Å². The standard InChI is InChI=1S/C31H34Cl2FN3O4S/c1-42(40,41)37(28-17-16-24(32)19-26(28)33)21-30(38)36(20-23-12-8-9-15-27(23)34)29(18-22-10-4-2-5-11-22)31(39)35-25-13-6-3-7-14-25/h2,4-5,8-12,15-17,19,25,29H,3,6-7,13-14,18,20-21H2,1H3,(H,35,39)/t29-/m0/s1. The molecule has 11 heteroatoms. The normalized spacial score (nSPS) is 14.7. The van der Waals surface area contributed by atoms with Crippen LogP contribution in [0.5, 0.6) is 0 Å². The molecule has 3 aromatic rings. The van der Waals surface area contributed by atoms with Crippen LogP contribution in [0.4, 0.5) is 10.1 Å². The Labute approximate surface area is 256 Å². The lowest BCUT2D eigenvalue weighted by molar-refractivity contribution is -0.140. The van der Waals surface area contributed by atoms with Crippen LogP contribution in [0.3, 0.4) is 0 Å². The monoisotopic (exact) mass is 633 g/mol. The highest BCUT2D eigenvalue weighted by molar-refractivity contribution is 7.92. The number of rotatable bonds is 11. The Kier molecular flexibility index (Phi) is 10.9. The maximum atomic E-state index is 14.9. The molecule has 1 saturated carbocycles. The fourth-order valence-electron chi connectivity index (χ4n) is 5.19. The van der Waals surface area contributed by atoms with Crippen molar-refractivity contribution in [3.8, 4) is 0 Å². The van der Waals surface area contributed by atoms with Crippen LogP contribution < -0.4 is 9.62 Å². The minimum atomic E-state index is -4.01. The van der Waals surface area contributed by atoms with Crippen LogP contribution in [0.15, 0.2) is 72.8 Å². The molecule has 1 aliphatic rings. The molecule has 1 fully saturated rings. The number of hydrogen-bond acceptors (Lipinski definition) is 4. The summed E-state index contributed by atoms with van der Waals surface area (Å²) < 4.78 is 41.6. The number of hydrogen-bond donors (Lipinski definition) is 1. The summed E-state index contributed by atoms with van der Waals surface area (Å²) in [4.78, 5) is 29.3. The first-order valence-corrected chi connectivity index (χ1v) is 16.4. The second kappa shape index (κ2) is 14.4. The first kappa shape index (κ1) is 31.8. The van der Waals surface area contributed by atoms with E-state index in [9.17, 15) is 22.4 Å². The zero-order valence-corrected chi connectivity index (χ0v) is 25.6. The predicted octanol–water partition coefficient (Wildman–Crippen LogP) is 5.99. The van der Waals surface area contributed by atoms with Gasteiger partial charge in [0.1, 0.15) is 18.4 Å². The van der Waals surface area contributed by atoms with Gasteiger partial charge >= 0.3 is 0 Å². The SMILES string of the molecule is CS(=O)(=O)N(CC(=O)N(Cc1ccccc1F)[C@@H](Cc1ccccc1)C(=O)NC1CCCCC1)c1ccc(Cl)cc1Cl. The lowest BCUT2D eigenvalue weighted by Crippen LogP contribution is -2.55. The lowest BCUT2D eigenvalue weighted by atomic mass is 9.94. The van der Waals surface area contributed by atoms with Crippen LogP contribution in [0, 0.1) is 5.82 Å². The van der Waals surface area contributed by atoms with Crippen molar-refractivity contribution in [2.45, 2.75) is 57.2 Å². The van der Waals surface area contributed by atoms with Gasteiger partial charge in [-0.05, 0) is 42.7 Å². The van der Waals surface area contributed by atoms with E-state index >= 15 is 0 Å². The Morgan fingerprint density at radius 3 is 2.29 bits per heavy atom. The van der Waals surface area contributed by atoms with Crippen molar-refractivity contribution in [1.29, 1.82) is 0 Å². The maximum absolute atomic E-state index is 14.9. The molecule has 1 N–H and O–H groups in total. The third-order valence-corrected chi connectivity index (χ3v) is 9.04. The molecule has 1 atom stereocenters. The highest BCUT2D eigenvalue weighted by Crippen LogP contribution is 2.31. The zero-order chi connectivity index (χ0) is 30.3. The molecule has 0 aromatic heterocycles. The summed E-state index contributed by atoms with van der Waals surface area (Å²) >= 11 is 12.4. The van der Waals surface area contributed by atoms with Gasteiger partial charge in [-0.2, -0.15) is 0 Å². The Bertz CT molecular complexity index is 1500. The minimum Gasteiger partial charge on any atom is -0.352 e. The quantitative estimate of drug-likeness (QED) is 0.281. The summed E-state index contributed by atoms with van der Waals surface area (Å²) in [6.45, 7) is -0.899. The van der Waals surface area contributed by atoms with Gasteiger partial charge in [0.05, 0.1) is 17.0 Å². The van der Waals surface area contributed by atoms with Gasteiger partial charge in [-0.25, -0.2) is 12.8 Å². The van der Waals surface area contributed by atoms with E-state index in [1.54, 1.807) is 12.1 Å². The van der Waals surface area contributed by atoms with E-state index in [-0.39, 0.29) is 41.2 Å². The van der Waals surface area contributed by atoms with E-state index in [4.69, 9.17) is 23.2 Å². The molecule has 2 amide bonds. The summed E-state index contributed by atoms with van der Waals surface area (Å²) in [5.41, 5.74) is 1.06. The summed E-state index contributed by atoms with van der Waals surface area (Å²) in [5, 5.41) is 3.45. The Hall–Kier alpha value is -3.14. The summed E-state index contributed by atoms with van der Waals surface area (Å²) in [6.07, 6.45) is 5.88. The van der Waals surface area contributed by atoms with E-state index in [2.05, 4.69) is 5.32 Å². The second-order valence-corrected chi connectivity index (χ2v) is 13.3. The van der Waals surface area contributed by atoms with E-state index < -0.39 is 34.3 Å². The van der Waals surface area contributed by atoms with Crippen molar-refractivity contribution in [3.63, 3.8) is 0 Å². The molecule has 0 unspecified atom stereocenters. The smallest absolute Gasteiger partial charge is 0.244 e. The number of carbonyl (C=O) groups excluding carboxylic acids is 2. The average molecular weight is 635 g/mol. The first-order chi connectivity index (χ1) is 20.0. The Morgan fingerprint density at radius 1 is 0.976 bits per heavy atom. The second-order valence-electron chi connectivity index (χ2n) is 10.5. The molecular weight excluding hydrogens is 600 g/mol. The molecule has 0 heterocycles. The number of nitrogens with one attached hydrogen (secondary N) is 1. The molecule has 0 bridgehead atoms. The number of amides is 2. The van der Waals surface area contributed by atoms with Crippen LogP contribution in [0.2, 0.25) is 10.0 Å². The summed E-state index contributed by atoms with van der Waals surface area (Å²) in [5.74, 6) is -1.59. The maximum Gasteiger partial charge on any atom is 0.244 e. The topological polar surface area (TPSA) is 86.8 Å². The van der Waals surface area contributed by atoms with E-state index in [0.29, 0.717) is 5.02 Å². The average Bonchev–Trinajstić information content (AvgIpc) is 2.95. The Balaban J connectivity index is 1.74. The third-order valence-electron chi connectivity index (χ3n) is 7.38. The number of sulfonamides is 1. The van der Waals surface area contributed by atoms with Crippen LogP contribution in [0.25, 0.3) is 0 Å². The van der Waals surface area contributed by atoms with E-state index in [1.807, 2.05) is 30.3 Å². The zero-order valence-electron chi connectivity index (χ0n) is 23.3. The molecule has 4 rings (SSSR count). The van der Waals surface area contributed by atoms with Crippen LogP contribution in [-0.2, 0) is 32.6 Å². The minimum absolute atomic E-state index is 0.0321. The van der Waals surface area contributed by atoms with E-state index in [0.717, 1.165) is 48.2 Å². The van der Waals surface area contributed by atoms with Crippen molar-refractivity contribution >= 4 is 50.7 Å². The Morgan fingerprint density at radius 2 is 1.64 bits per heavy atom. The summed E-state index contributed by atoms with van der Waals surface area (Å²) in [6, 6.07) is 18.4. The van der Waals surface area contributed by atoms with Crippen LogP contribution >= 0.6 is 23.2 Å². The predicted molar refractivity (Wildman–Crippen MR) is 165 cm³/mol. The molecule has 0 aliphatic heterocycles. The largest absolute Gasteiger partial charge is 0.352 e. The van der Waals surface area contributed by atoms with Gasteiger partial charge in [0.15, 0.2) is 0 Å². The van der Waals surface area contributed by atoms with Crippen molar-refractivity contribution in [2.24, 2.45) is 0 Å². The van der Waals surface area contributed by atoms with Gasteiger partial charge < -0.3 is 10.2 Å². The molecule has 224 valence electrons. The van der Waals surface area contributed by atoms with E-state index in [1.165, 1.54) is 35.2 Å². The number of carbonyl (C=O) groups is 2. The molecule has 42 heavy (non-hydrogen) atoms. The van der Waals surface area contributed by atoms with Gasteiger partial charge in [0, 0.05) is 29.6 Å². The third kappa shape index (κ3) is 8.46. The van der Waals surface area contributed by atoms with Gasteiger partial charge in [-0.3, -0.25) is 13.9 Å². The highest BCUT2D eigenvalue weighted by Gasteiger charge is 2.34. The van der Waals surface area contributed by atoms with Crippen molar-refractivity contribution in [3.05, 3.63) is 99.8 Å². The summed E-state index contributed by atoms with van der Waals surface area (Å²) in [7, 11) is -4.01. The highest BCUT2D eigenvalue weighted by atomic mass is 35.5. The molecule has 0 radical (unpaired) electrons. The van der Waals surface area contributed by atoms with Crippen molar-refractivity contribution < 1.29 is 22.4 Å². The molecule has 0 spiro atoms. The van der Waals surface area contributed by atoms with Gasteiger partial charge in [0.2, 0.25) is 21.8 Å². The number of halogens is 3. The van der Waals surface area contributed by atoms with Crippen molar-refractivity contribution in [2.75, 3.05) is 17.1 Å². The number of nitrogens with zero attached hydrogens (tertiary/aromatic N) is 2. The molecule has 7 nitrogen and oxygen atoms in total. The molecule has 1 aliphatic carbocycles. The van der Waals surface area contributed by atoms with Gasteiger partial charge in [-0.15, -0.1) is 0 Å². The van der Waals surface area contributed by atoms with Crippen LogP contribution in [-0.4, -0.2) is 50.0 Å². The lowest BCUT2D eigenvalue weighted by Gasteiger charge is -2.35. The molecule has 3 aromatic carbocycles. The van der Waals surface area contributed by atoms with Gasteiger partial charge in [-0.1, -0.05) is 91.0 Å².